The third kappa shape index (κ3) is 7.46. The second-order valence-corrected chi connectivity index (χ2v) is 3.93. The van der Waals surface area contributed by atoms with Crippen molar-refractivity contribution in [3.8, 4) is 0 Å². The minimum atomic E-state index is -4.72. The average molecular weight is 272 g/mol. The predicted octanol–water partition coefficient (Wildman–Crippen LogP) is 0.417. The Balaban J connectivity index is 3.84. The van der Waals surface area contributed by atoms with Crippen molar-refractivity contribution in [1.29, 1.82) is 0 Å². The summed E-state index contributed by atoms with van der Waals surface area (Å²) in [5.74, 6) is -4.22. The topological polar surface area (TPSA) is 61.8 Å². The predicted molar refractivity (Wildman–Crippen MR) is 59.4 cm³/mol. The van der Waals surface area contributed by atoms with Crippen LogP contribution in [0.15, 0.2) is 0 Å². The lowest BCUT2D eigenvalue weighted by Crippen LogP contribution is -2.41. The monoisotopic (exact) mass is 272 g/mol. The molecule has 0 heterocycles. The number of carboxylic acids is 1. The maximum atomic E-state index is 12.3. The van der Waals surface area contributed by atoms with Gasteiger partial charge in [-0.3, -0.25) is 4.79 Å². The van der Waals surface area contributed by atoms with Crippen LogP contribution in [0.5, 0.6) is 0 Å². The van der Waals surface area contributed by atoms with Gasteiger partial charge in [0.05, 0.1) is 6.61 Å². The summed E-state index contributed by atoms with van der Waals surface area (Å²) in [6.07, 6.45) is -4.72. The van der Waals surface area contributed by atoms with Gasteiger partial charge in [-0.15, -0.1) is 0 Å². The molecule has 108 valence electrons. The van der Waals surface area contributed by atoms with Crippen LogP contribution in [0.1, 0.15) is 0 Å². The number of ether oxygens (including phenoxy) is 1. The lowest BCUT2D eigenvalue weighted by molar-refractivity contribution is -0.192. The number of aliphatic carboxylic acids is 1. The van der Waals surface area contributed by atoms with E-state index in [2.05, 4.69) is 5.32 Å². The van der Waals surface area contributed by atoms with Crippen LogP contribution in [0.2, 0.25) is 0 Å². The van der Waals surface area contributed by atoms with Crippen molar-refractivity contribution in [2.24, 2.45) is 5.92 Å². The number of nitrogens with zero attached hydrogens (tertiary/aromatic N) is 1. The van der Waals surface area contributed by atoms with Crippen molar-refractivity contribution in [3.63, 3.8) is 0 Å². The van der Waals surface area contributed by atoms with Gasteiger partial charge in [0, 0.05) is 33.3 Å². The van der Waals surface area contributed by atoms with Crippen molar-refractivity contribution in [1.82, 2.24) is 10.2 Å². The first kappa shape index (κ1) is 17.1. The largest absolute Gasteiger partial charge is 0.481 e. The van der Waals surface area contributed by atoms with E-state index in [1.54, 1.807) is 14.2 Å². The Hall–Kier alpha value is -0.860. The molecule has 0 rings (SSSR count). The van der Waals surface area contributed by atoms with Crippen molar-refractivity contribution in [2.45, 2.75) is 6.18 Å². The van der Waals surface area contributed by atoms with Crippen molar-refractivity contribution < 1.29 is 27.8 Å². The van der Waals surface area contributed by atoms with Gasteiger partial charge >= 0.3 is 12.1 Å². The third-order valence-corrected chi connectivity index (χ3v) is 2.39. The van der Waals surface area contributed by atoms with Crippen LogP contribution in [-0.2, 0) is 9.53 Å². The summed E-state index contributed by atoms with van der Waals surface area (Å²) >= 11 is 0. The quantitative estimate of drug-likeness (QED) is 0.596. The smallest absolute Gasteiger partial charge is 0.403 e. The lowest BCUT2D eigenvalue weighted by atomic mass is 10.1. The normalized spacial score (nSPS) is 13.9. The third-order valence-electron chi connectivity index (χ3n) is 2.39. The summed E-state index contributed by atoms with van der Waals surface area (Å²) < 4.78 is 41.7. The Morgan fingerprint density at radius 2 is 2.06 bits per heavy atom. The lowest BCUT2D eigenvalue weighted by Gasteiger charge is -2.19. The first-order valence-corrected chi connectivity index (χ1v) is 5.46. The molecule has 1 atom stereocenters. The van der Waals surface area contributed by atoms with E-state index in [0.29, 0.717) is 26.2 Å². The number of carboxylic acid groups (broad SMARTS) is 1. The summed E-state index contributed by atoms with van der Waals surface area (Å²) in [7, 11) is 3.37. The van der Waals surface area contributed by atoms with Gasteiger partial charge in [0.15, 0.2) is 5.92 Å². The van der Waals surface area contributed by atoms with E-state index in [1.807, 2.05) is 4.90 Å². The number of hydrogen-bond acceptors (Lipinski definition) is 4. The molecule has 0 spiro atoms. The first-order chi connectivity index (χ1) is 8.29. The highest BCUT2D eigenvalue weighted by molar-refractivity contribution is 5.71. The van der Waals surface area contributed by atoms with E-state index >= 15 is 0 Å². The van der Waals surface area contributed by atoms with E-state index in [-0.39, 0.29) is 0 Å². The van der Waals surface area contributed by atoms with Crippen LogP contribution >= 0.6 is 0 Å². The molecule has 0 bridgehead atoms. The summed E-state index contributed by atoms with van der Waals surface area (Å²) in [6.45, 7) is 1.40. The maximum Gasteiger partial charge on any atom is 0.403 e. The van der Waals surface area contributed by atoms with Gasteiger partial charge < -0.3 is 20.1 Å². The van der Waals surface area contributed by atoms with E-state index in [1.165, 1.54) is 0 Å². The van der Waals surface area contributed by atoms with Gasteiger partial charge in [0.25, 0.3) is 0 Å². The van der Waals surface area contributed by atoms with Crippen molar-refractivity contribution in [2.75, 3.05) is 46.9 Å². The molecule has 0 aliphatic rings. The number of rotatable bonds is 9. The highest BCUT2D eigenvalue weighted by Crippen LogP contribution is 2.25. The Morgan fingerprint density at radius 3 is 2.50 bits per heavy atom. The van der Waals surface area contributed by atoms with Crippen LogP contribution in [0.3, 0.4) is 0 Å². The molecule has 0 aliphatic carbocycles. The van der Waals surface area contributed by atoms with Crippen LogP contribution < -0.4 is 5.32 Å². The molecule has 0 aromatic rings. The van der Waals surface area contributed by atoms with Crippen molar-refractivity contribution in [3.05, 3.63) is 0 Å². The van der Waals surface area contributed by atoms with Gasteiger partial charge in [-0.1, -0.05) is 0 Å². The molecule has 18 heavy (non-hydrogen) atoms. The molecule has 0 radical (unpaired) electrons. The zero-order chi connectivity index (χ0) is 14.2. The SMILES string of the molecule is COCCN(C)CCNCC(C(=O)O)C(F)(F)F. The van der Waals surface area contributed by atoms with E-state index < -0.39 is 24.6 Å². The summed E-state index contributed by atoms with van der Waals surface area (Å²) in [4.78, 5) is 12.3. The fourth-order valence-corrected chi connectivity index (χ4v) is 1.22. The molecule has 0 saturated heterocycles. The fourth-order valence-electron chi connectivity index (χ4n) is 1.22. The number of halogens is 3. The number of hydrogen-bond donors (Lipinski definition) is 2. The summed E-state index contributed by atoms with van der Waals surface area (Å²) in [5.41, 5.74) is 0. The second-order valence-electron chi connectivity index (χ2n) is 3.93. The van der Waals surface area contributed by atoms with E-state index in [9.17, 15) is 18.0 Å². The zero-order valence-electron chi connectivity index (χ0n) is 10.5. The molecule has 0 aromatic heterocycles. The van der Waals surface area contributed by atoms with E-state index in [4.69, 9.17) is 9.84 Å². The van der Waals surface area contributed by atoms with Gasteiger partial charge in [0.2, 0.25) is 0 Å². The van der Waals surface area contributed by atoms with Crippen LogP contribution in [0, 0.1) is 5.92 Å². The zero-order valence-corrected chi connectivity index (χ0v) is 10.5. The Labute approximate surface area is 104 Å². The van der Waals surface area contributed by atoms with Crippen molar-refractivity contribution >= 4 is 5.97 Å². The van der Waals surface area contributed by atoms with Gasteiger partial charge in [-0.2, -0.15) is 13.2 Å². The van der Waals surface area contributed by atoms with Gasteiger partial charge in [-0.05, 0) is 7.05 Å². The molecule has 0 amide bonds. The van der Waals surface area contributed by atoms with Crippen LogP contribution in [0.25, 0.3) is 0 Å². The van der Waals surface area contributed by atoms with E-state index in [0.717, 1.165) is 0 Å². The average Bonchev–Trinajstić information content (AvgIpc) is 2.23. The molecule has 5 nitrogen and oxygen atoms in total. The number of carbonyl (C=O) groups is 1. The minimum Gasteiger partial charge on any atom is -0.481 e. The Morgan fingerprint density at radius 1 is 1.44 bits per heavy atom. The molecular weight excluding hydrogens is 253 g/mol. The Kier molecular flexibility index (Phi) is 7.88. The minimum absolute atomic E-state index is 0.292. The van der Waals surface area contributed by atoms with Crippen LogP contribution in [-0.4, -0.2) is 69.1 Å². The number of likely N-dealkylation sites (N-methyl/N-ethyl adjacent to an activating group) is 1. The number of methoxy groups -OCH3 is 1. The molecular formula is C10H19F3N2O3. The summed E-state index contributed by atoms with van der Waals surface area (Å²) in [6, 6.07) is 0. The molecule has 0 aromatic carbocycles. The standard InChI is InChI=1S/C10H19F3N2O3/c1-15(5-6-18-2)4-3-14-7-8(9(16)17)10(11,12)13/h8,14H,3-7H2,1-2H3,(H,16,17). The molecule has 2 N–H and O–H groups in total. The van der Waals surface area contributed by atoms with Gasteiger partial charge in [0.1, 0.15) is 0 Å². The second kappa shape index (κ2) is 8.28. The Bertz CT molecular complexity index is 249. The number of nitrogens with one attached hydrogen (secondary N) is 1. The molecule has 8 heteroatoms. The van der Waals surface area contributed by atoms with Gasteiger partial charge in [-0.25, -0.2) is 0 Å². The number of alkyl halides is 3. The maximum absolute atomic E-state index is 12.3. The first-order valence-electron chi connectivity index (χ1n) is 5.46. The molecule has 1 unspecified atom stereocenters. The molecule has 0 fully saturated rings. The highest BCUT2D eigenvalue weighted by atomic mass is 19.4. The highest BCUT2D eigenvalue weighted by Gasteiger charge is 2.44. The van der Waals surface area contributed by atoms with Crippen LogP contribution in [0.4, 0.5) is 13.2 Å². The molecule has 0 aliphatic heterocycles. The fraction of sp³-hybridized carbons (Fsp3) is 0.900. The summed E-state index contributed by atoms with van der Waals surface area (Å²) in [5, 5.41) is 10.9. The molecule has 0 saturated carbocycles.